The Morgan fingerprint density at radius 2 is 0.879 bits per heavy atom. The first kappa shape index (κ1) is 26.8. The Morgan fingerprint density at radius 3 is 1.53 bits per heavy atom. The van der Waals surface area contributed by atoms with Crippen molar-refractivity contribution in [2.75, 3.05) is 0 Å². The molecule has 0 atom stereocenters. The molecule has 0 radical (unpaired) electrons. The second-order valence-corrected chi connectivity index (χ2v) is 14.2. The van der Waals surface area contributed by atoms with Gasteiger partial charge in [-0.05, 0) is 45.8 Å². The molecule has 58 heavy (non-hydrogen) atoms. The van der Waals surface area contributed by atoms with Gasteiger partial charge in [0.1, 0.15) is 11.2 Å². The van der Waals surface area contributed by atoms with Crippen LogP contribution in [0.3, 0.4) is 0 Å². The van der Waals surface area contributed by atoms with E-state index in [9.17, 15) is 2.74 Å². The number of nitrogens with zero attached hydrogens (tertiary/aromatic N) is 4. The summed E-state index contributed by atoms with van der Waals surface area (Å²) in [6.45, 7) is 0. The Morgan fingerprint density at radius 1 is 0.379 bits per heavy atom. The summed E-state index contributed by atoms with van der Waals surface area (Å²) in [6.07, 6.45) is 0. The SMILES string of the molecule is [2H]c1cc([2H])c2oc3c(-c4cccc(-c5nc(-c6cccc7ccccc67)nc(-c6cccc7ccccc67)n5)c4-n4c5ccccc5c5ccccc54)c([2H])c([2H])c([2H])c3c2c1[2H]. The third-order valence-electron chi connectivity index (χ3n) is 11.0. The minimum absolute atomic E-state index is 0.0160. The van der Waals surface area contributed by atoms with Crippen LogP contribution >= 0.6 is 0 Å². The van der Waals surface area contributed by atoms with Crippen LogP contribution in [0.15, 0.2) is 198 Å². The van der Waals surface area contributed by atoms with E-state index in [0.29, 0.717) is 34.3 Å². The van der Waals surface area contributed by atoms with Gasteiger partial charge in [0.2, 0.25) is 0 Å². The van der Waals surface area contributed by atoms with Gasteiger partial charge in [-0.15, -0.1) is 0 Å². The Kier molecular flexibility index (Phi) is 5.94. The van der Waals surface area contributed by atoms with Gasteiger partial charge in [-0.1, -0.05) is 170 Å². The van der Waals surface area contributed by atoms with Crippen LogP contribution in [-0.2, 0) is 0 Å². The van der Waals surface area contributed by atoms with E-state index in [0.717, 1.165) is 54.5 Å². The zero-order chi connectivity index (χ0) is 43.4. The molecule has 0 fully saturated rings. The van der Waals surface area contributed by atoms with E-state index < -0.39 is 0 Å². The molecule has 9 aromatic carbocycles. The predicted molar refractivity (Wildman–Crippen MR) is 238 cm³/mol. The van der Waals surface area contributed by atoms with Crippen molar-refractivity contribution in [1.82, 2.24) is 19.5 Å². The first-order chi connectivity index (χ1) is 31.3. The molecule has 0 unspecified atom stereocenters. The minimum Gasteiger partial charge on any atom is -0.455 e. The molecule has 12 aromatic rings. The highest BCUT2D eigenvalue weighted by Gasteiger charge is 2.25. The Bertz CT molecular complexity index is 3790. The molecule has 0 spiro atoms. The fourth-order valence-electron chi connectivity index (χ4n) is 8.47. The first-order valence-corrected chi connectivity index (χ1v) is 19.0. The fourth-order valence-corrected chi connectivity index (χ4v) is 8.47. The second kappa shape index (κ2) is 12.8. The van der Waals surface area contributed by atoms with E-state index in [1.807, 2.05) is 103 Å². The molecule has 0 bridgehead atoms. The third kappa shape index (κ3) is 4.93. The number of benzene rings is 9. The van der Waals surface area contributed by atoms with E-state index in [1.165, 1.54) is 6.07 Å². The molecule has 0 saturated heterocycles. The maximum Gasteiger partial charge on any atom is 0.166 e. The zero-order valence-electron chi connectivity index (χ0n) is 36.7. The monoisotopic (exact) mass is 746 g/mol. The molecular weight excluding hydrogens is 709 g/mol. The lowest BCUT2D eigenvalue weighted by Crippen LogP contribution is -2.05. The largest absolute Gasteiger partial charge is 0.455 e. The van der Waals surface area contributed by atoms with Gasteiger partial charge >= 0.3 is 0 Å². The molecule has 12 rings (SSSR count). The number of fused-ring (bicyclic) bond motifs is 8. The molecule has 270 valence electrons. The summed E-state index contributed by atoms with van der Waals surface area (Å²) in [6, 6.07) is 50.1. The van der Waals surface area contributed by atoms with Crippen molar-refractivity contribution < 1.29 is 12.6 Å². The van der Waals surface area contributed by atoms with E-state index in [-0.39, 0.29) is 63.8 Å². The van der Waals surface area contributed by atoms with Crippen LogP contribution in [0, 0.1) is 0 Å². The molecule has 5 heteroatoms. The van der Waals surface area contributed by atoms with Crippen molar-refractivity contribution in [2.45, 2.75) is 0 Å². The summed E-state index contributed by atoms with van der Waals surface area (Å²) in [7, 11) is 0. The van der Waals surface area contributed by atoms with Crippen molar-refractivity contribution >= 4 is 65.3 Å². The van der Waals surface area contributed by atoms with E-state index in [4.69, 9.17) is 24.9 Å². The van der Waals surface area contributed by atoms with Crippen molar-refractivity contribution in [2.24, 2.45) is 0 Å². The average Bonchev–Trinajstić information content (AvgIpc) is 3.89. The third-order valence-corrected chi connectivity index (χ3v) is 11.0. The number of rotatable bonds is 5. The standard InChI is InChI=1S/C53H32N4O/c1-3-19-35-33(15-1)17-11-27-43(35)51-54-52(44-28-12-18-34-16-2-4-20-36(34)44)56-53(55-51)45-29-13-24-40(42-26-14-25-41-39-23-7-10-32-48(39)58-50(41)42)49(45)57-46-30-8-5-21-37(46)38-22-6-9-31-47(38)57/h1-32H/i7D,14D,23D,25D,26D,32D. The minimum atomic E-state index is -0.373. The van der Waals surface area contributed by atoms with Gasteiger partial charge in [-0.25, -0.2) is 15.0 Å². The van der Waals surface area contributed by atoms with E-state index in [1.54, 1.807) is 0 Å². The lowest BCUT2D eigenvalue weighted by molar-refractivity contribution is 0.670. The highest BCUT2D eigenvalue weighted by molar-refractivity contribution is 6.13. The van der Waals surface area contributed by atoms with Gasteiger partial charge in [0.25, 0.3) is 0 Å². The lowest BCUT2D eigenvalue weighted by Gasteiger charge is -2.19. The topological polar surface area (TPSA) is 56.7 Å². The summed E-state index contributed by atoms with van der Waals surface area (Å²) >= 11 is 0. The normalized spacial score (nSPS) is 13.2. The number of para-hydroxylation sites is 5. The number of hydrogen-bond donors (Lipinski definition) is 0. The molecule has 0 amide bonds. The maximum absolute atomic E-state index is 9.60. The van der Waals surface area contributed by atoms with Crippen molar-refractivity contribution in [3.63, 3.8) is 0 Å². The van der Waals surface area contributed by atoms with E-state index >= 15 is 0 Å². The van der Waals surface area contributed by atoms with Crippen LogP contribution in [0.2, 0.25) is 0 Å². The Labute approximate surface area is 341 Å². The van der Waals surface area contributed by atoms with Gasteiger partial charge in [-0.3, -0.25) is 0 Å². The zero-order valence-corrected chi connectivity index (χ0v) is 30.7. The van der Waals surface area contributed by atoms with Crippen molar-refractivity contribution in [3.05, 3.63) is 194 Å². The molecule has 5 nitrogen and oxygen atoms in total. The molecule has 3 aromatic heterocycles. The number of hydrogen-bond acceptors (Lipinski definition) is 4. The summed E-state index contributed by atoms with van der Waals surface area (Å²) in [5.74, 6) is 1.29. The van der Waals surface area contributed by atoms with Gasteiger partial charge < -0.3 is 8.98 Å². The molecular formula is C53H32N4O. The molecule has 0 saturated carbocycles. The molecule has 0 aliphatic heterocycles. The van der Waals surface area contributed by atoms with Crippen molar-refractivity contribution in [1.29, 1.82) is 0 Å². The van der Waals surface area contributed by atoms with Gasteiger partial charge in [0.05, 0.1) is 24.9 Å². The van der Waals surface area contributed by atoms with Gasteiger partial charge in [0, 0.05) is 49.4 Å². The molecule has 3 heterocycles. The number of furan rings is 1. The molecule has 0 N–H and O–H groups in total. The Hall–Kier alpha value is -7.89. The molecule has 0 aliphatic carbocycles. The second-order valence-electron chi connectivity index (χ2n) is 14.2. The Balaban J connectivity index is 1.26. The van der Waals surface area contributed by atoms with E-state index in [2.05, 4.69) is 53.1 Å². The lowest BCUT2D eigenvalue weighted by atomic mass is 9.96. The summed E-state index contributed by atoms with van der Waals surface area (Å²) < 4.78 is 62.7. The van der Waals surface area contributed by atoms with Gasteiger partial charge in [-0.2, -0.15) is 0 Å². The summed E-state index contributed by atoms with van der Waals surface area (Å²) in [5.41, 5.74) is 5.34. The van der Waals surface area contributed by atoms with Crippen LogP contribution < -0.4 is 0 Å². The summed E-state index contributed by atoms with van der Waals surface area (Å²) in [5, 5.41) is 6.21. The van der Waals surface area contributed by atoms with Crippen LogP contribution in [0.1, 0.15) is 8.22 Å². The fraction of sp³-hybridized carbons (Fsp3) is 0. The first-order valence-electron chi connectivity index (χ1n) is 22.0. The van der Waals surface area contributed by atoms with Crippen LogP contribution in [-0.4, -0.2) is 19.5 Å². The number of aromatic nitrogens is 4. The summed E-state index contributed by atoms with van der Waals surface area (Å²) in [4.78, 5) is 15.9. The highest BCUT2D eigenvalue weighted by atomic mass is 16.3. The smallest absolute Gasteiger partial charge is 0.166 e. The maximum atomic E-state index is 9.60. The quantitative estimate of drug-likeness (QED) is 0.176. The molecule has 0 aliphatic rings. The predicted octanol–water partition coefficient (Wildman–Crippen LogP) is 13.8. The van der Waals surface area contributed by atoms with Crippen LogP contribution in [0.4, 0.5) is 0 Å². The van der Waals surface area contributed by atoms with Crippen molar-refractivity contribution in [3.8, 4) is 51.0 Å². The highest BCUT2D eigenvalue weighted by Crippen LogP contribution is 2.44. The van der Waals surface area contributed by atoms with Crippen LogP contribution in [0.5, 0.6) is 0 Å². The van der Waals surface area contributed by atoms with Gasteiger partial charge in [0.15, 0.2) is 17.5 Å². The van der Waals surface area contributed by atoms with Crippen LogP contribution in [0.25, 0.3) is 116 Å². The average molecular weight is 747 g/mol.